The van der Waals surface area contributed by atoms with Crippen LogP contribution in [-0.2, 0) is 6.54 Å². The lowest BCUT2D eigenvalue weighted by Gasteiger charge is -2.34. The second kappa shape index (κ2) is 6.17. The van der Waals surface area contributed by atoms with E-state index in [4.69, 9.17) is 4.52 Å². The maximum Gasteiger partial charge on any atom is 0.133 e. The first-order valence-electron chi connectivity index (χ1n) is 6.65. The highest BCUT2D eigenvalue weighted by Crippen LogP contribution is 2.09. The highest BCUT2D eigenvalue weighted by Gasteiger charge is 2.17. The molecular weight excluding hydrogens is 214 g/mol. The van der Waals surface area contributed by atoms with Crippen LogP contribution in [0.15, 0.2) is 10.6 Å². The predicted octanol–water partition coefficient (Wildman–Crippen LogP) is 1.90. The monoisotopic (exact) mass is 237 g/mol. The summed E-state index contributed by atoms with van der Waals surface area (Å²) < 4.78 is 5.09. The molecule has 1 aliphatic heterocycles. The van der Waals surface area contributed by atoms with Gasteiger partial charge in [0.05, 0.1) is 5.69 Å². The first-order chi connectivity index (χ1) is 8.28. The van der Waals surface area contributed by atoms with Gasteiger partial charge in [0, 0.05) is 38.8 Å². The van der Waals surface area contributed by atoms with Gasteiger partial charge >= 0.3 is 0 Å². The average Bonchev–Trinajstić information content (AvgIpc) is 2.74. The SMILES string of the molecule is CCCCN1CCN(Cc2cc(C)on2)CC1. The molecule has 0 radical (unpaired) electrons. The van der Waals surface area contributed by atoms with Gasteiger partial charge in [-0.05, 0) is 19.9 Å². The summed E-state index contributed by atoms with van der Waals surface area (Å²) in [7, 11) is 0. The Morgan fingerprint density at radius 1 is 1.24 bits per heavy atom. The van der Waals surface area contributed by atoms with Gasteiger partial charge in [0.1, 0.15) is 5.76 Å². The average molecular weight is 237 g/mol. The van der Waals surface area contributed by atoms with Crippen LogP contribution in [0.1, 0.15) is 31.2 Å². The van der Waals surface area contributed by atoms with Crippen molar-refractivity contribution < 1.29 is 4.52 Å². The van der Waals surface area contributed by atoms with Crippen LogP contribution in [0.3, 0.4) is 0 Å². The smallest absolute Gasteiger partial charge is 0.133 e. The Balaban J connectivity index is 1.72. The number of hydrogen-bond acceptors (Lipinski definition) is 4. The van der Waals surface area contributed by atoms with Gasteiger partial charge in [0.25, 0.3) is 0 Å². The summed E-state index contributed by atoms with van der Waals surface area (Å²) in [5, 5.41) is 4.05. The maximum absolute atomic E-state index is 5.09. The lowest BCUT2D eigenvalue weighted by molar-refractivity contribution is 0.124. The van der Waals surface area contributed by atoms with E-state index >= 15 is 0 Å². The van der Waals surface area contributed by atoms with E-state index in [-0.39, 0.29) is 0 Å². The minimum absolute atomic E-state index is 0.904. The second-order valence-corrected chi connectivity index (χ2v) is 4.90. The topological polar surface area (TPSA) is 32.5 Å². The van der Waals surface area contributed by atoms with Crippen LogP contribution < -0.4 is 0 Å². The Morgan fingerprint density at radius 2 is 1.94 bits per heavy atom. The summed E-state index contributed by atoms with van der Waals surface area (Å²) in [6.07, 6.45) is 2.61. The molecule has 1 aliphatic rings. The molecule has 0 saturated carbocycles. The van der Waals surface area contributed by atoms with Gasteiger partial charge in [-0.25, -0.2) is 0 Å². The highest BCUT2D eigenvalue weighted by molar-refractivity contribution is 5.03. The van der Waals surface area contributed by atoms with E-state index < -0.39 is 0 Å². The Bertz CT molecular complexity index is 329. The molecule has 4 nitrogen and oxygen atoms in total. The normalized spacial score (nSPS) is 18.7. The Labute approximate surface area is 104 Å². The number of hydrogen-bond donors (Lipinski definition) is 0. The third-order valence-corrected chi connectivity index (χ3v) is 3.36. The number of nitrogens with zero attached hydrogens (tertiary/aromatic N) is 3. The molecule has 2 heterocycles. The summed E-state index contributed by atoms with van der Waals surface area (Å²) in [6.45, 7) is 11.1. The fraction of sp³-hybridized carbons (Fsp3) is 0.769. The summed E-state index contributed by atoms with van der Waals surface area (Å²) >= 11 is 0. The predicted molar refractivity (Wildman–Crippen MR) is 67.9 cm³/mol. The first kappa shape index (κ1) is 12.6. The van der Waals surface area contributed by atoms with Gasteiger partial charge in [0.2, 0.25) is 0 Å². The summed E-state index contributed by atoms with van der Waals surface area (Å²) in [6, 6.07) is 2.03. The first-order valence-corrected chi connectivity index (χ1v) is 6.65. The van der Waals surface area contributed by atoms with Crippen molar-refractivity contribution in [3.05, 3.63) is 17.5 Å². The van der Waals surface area contributed by atoms with Crippen LogP contribution in [0.25, 0.3) is 0 Å². The fourth-order valence-electron chi connectivity index (χ4n) is 2.27. The number of rotatable bonds is 5. The van der Waals surface area contributed by atoms with Gasteiger partial charge in [-0.3, -0.25) is 4.90 Å². The molecule has 2 rings (SSSR count). The summed E-state index contributed by atoms with van der Waals surface area (Å²) in [4.78, 5) is 5.02. The van der Waals surface area contributed by atoms with Crippen LogP contribution in [0.4, 0.5) is 0 Å². The zero-order valence-electron chi connectivity index (χ0n) is 11.0. The number of aromatic nitrogens is 1. The minimum atomic E-state index is 0.904. The van der Waals surface area contributed by atoms with Crippen LogP contribution >= 0.6 is 0 Å². The lowest BCUT2D eigenvalue weighted by atomic mass is 10.2. The van der Waals surface area contributed by atoms with E-state index in [0.717, 1.165) is 31.1 Å². The number of piperazine rings is 1. The molecular formula is C13H23N3O. The third-order valence-electron chi connectivity index (χ3n) is 3.36. The molecule has 4 heteroatoms. The van der Waals surface area contributed by atoms with Gasteiger partial charge in [-0.15, -0.1) is 0 Å². The number of unbranched alkanes of at least 4 members (excludes halogenated alkanes) is 1. The molecule has 0 N–H and O–H groups in total. The molecule has 0 aliphatic carbocycles. The van der Waals surface area contributed by atoms with Gasteiger partial charge in [-0.1, -0.05) is 18.5 Å². The van der Waals surface area contributed by atoms with E-state index in [9.17, 15) is 0 Å². The molecule has 17 heavy (non-hydrogen) atoms. The Kier molecular flexibility index (Phi) is 4.57. The van der Waals surface area contributed by atoms with Crippen LogP contribution in [0.5, 0.6) is 0 Å². The zero-order chi connectivity index (χ0) is 12.1. The van der Waals surface area contributed by atoms with Crippen molar-refractivity contribution >= 4 is 0 Å². The maximum atomic E-state index is 5.09. The molecule has 96 valence electrons. The van der Waals surface area contributed by atoms with Crippen molar-refractivity contribution in [1.82, 2.24) is 15.0 Å². The third kappa shape index (κ3) is 3.82. The molecule has 1 aromatic heterocycles. The fourth-order valence-corrected chi connectivity index (χ4v) is 2.27. The van der Waals surface area contributed by atoms with Crippen molar-refractivity contribution in [2.45, 2.75) is 33.2 Å². The Hall–Kier alpha value is -0.870. The largest absolute Gasteiger partial charge is 0.361 e. The van der Waals surface area contributed by atoms with E-state index in [1.54, 1.807) is 0 Å². The lowest BCUT2D eigenvalue weighted by Crippen LogP contribution is -2.46. The Morgan fingerprint density at radius 3 is 2.53 bits per heavy atom. The van der Waals surface area contributed by atoms with Gasteiger partial charge < -0.3 is 9.42 Å². The molecule has 0 spiro atoms. The zero-order valence-corrected chi connectivity index (χ0v) is 11.0. The van der Waals surface area contributed by atoms with E-state index in [0.29, 0.717) is 0 Å². The molecule has 1 fully saturated rings. The van der Waals surface area contributed by atoms with E-state index in [1.807, 2.05) is 13.0 Å². The molecule has 0 amide bonds. The van der Waals surface area contributed by atoms with E-state index in [2.05, 4.69) is 21.9 Å². The standard InChI is InChI=1S/C13H23N3O/c1-3-4-5-15-6-8-16(9-7-15)11-13-10-12(2)17-14-13/h10H,3-9,11H2,1-2H3. The summed E-state index contributed by atoms with van der Waals surface area (Å²) in [5.74, 6) is 0.904. The van der Waals surface area contributed by atoms with Crippen molar-refractivity contribution in [2.24, 2.45) is 0 Å². The highest BCUT2D eigenvalue weighted by atomic mass is 16.5. The van der Waals surface area contributed by atoms with Gasteiger partial charge in [-0.2, -0.15) is 0 Å². The van der Waals surface area contributed by atoms with Crippen LogP contribution in [-0.4, -0.2) is 47.7 Å². The van der Waals surface area contributed by atoms with Crippen molar-refractivity contribution in [2.75, 3.05) is 32.7 Å². The van der Waals surface area contributed by atoms with Crippen molar-refractivity contribution in [3.8, 4) is 0 Å². The van der Waals surface area contributed by atoms with Crippen LogP contribution in [0, 0.1) is 6.92 Å². The van der Waals surface area contributed by atoms with E-state index in [1.165, 1.54) is 32.5 Å². The second-order valence-electron chi connectivity index (χ2n) is 4.90. The molecule has 1 aromatic rings. The van der Waals surface area contributed by atoms with Crippen LogP contribution in [0.2, 0.25) is 0 Å². The quantitative estimate of drug-likeness (QED) is 0.783. The molecule has 1 saturated heterocycles. The molecule has 0 atom stereocenters. The number of aryl methyl sites for hydroxylation is 1. The summed E-state index contributed by atoms with van der Waals surface area (Å²) in [5.41, 5.74) is 1.06. The molecule has 0 unspecified atom stereocenters. The van der Waals surface area contributed by atoms with Crippen molar-refractivity contribution in [3.63, 3.8) is 0 Å². The van der Waals surface area contributed by atoms with Gasteiger partial charge in [0.15, 0.2) is 0 Å². The molecule has 0 aromatic carbocycles. The molecule has 0 bridgehead atoms. The van der Waals surface area contributed by atoms with Crippen molar-refractivity contribution in [1.29, 1.82) is 0 Å². The minimum Gasteiger partial charge on any atom is -0.361 e.